The molecule has 2 rings (SSSR count). The summed E-state index contributed by atoms with van der Waals surface area (Å²) in [6.07, 6.45) is 7.09. The quantitative estimate of drug-likeness (QED) is 0.296. The smallest absolute Gasteiger partial charge is 0.158 e. The molecule has 5 nitrogen and oxygen atoms in total. The van der Waals surface area contributed by atoms with Crippen LogP contribution in [0.4, 0.5) is 5.82 Å². The van der Waals surface area contributed by atoms with Gasteiger partial charge >= 0.3 is 0 Å². The van der Waals surface area contributed by atoms with E-state index in [0.29, 0.717) is 32.7 Å². The Hall–Kier alpha value is -2.78. The van der Waals surface area contributed by atoms with E-state index in [0.717, 1.165) is 0 Å². The number of nitrogens with zero attached hydrogens (tertiary/aromatic N) is 1. The number of aromatic nitrogens is 1. The number of aromatic amines is 1. The molecule has 0 aliphatic heterocycles. The number of phenols is 2. The summed E-state index contributed by atoms with van der Waals surface area (Å²) in [5, 5.41) is 19.1. The fourth-order valence-electron chi connectivity index (χ4n) is 2.01. The lowest BCUT2D eigenvalue weighted by Crippen LogP contribution is -2.03. The van der Waals surface area contributed by atoms with E-state index >= 15 is 0 Å². The van der Waals surface area contributed by atoms with Crippen LogP contribution >= 0.6 is 12.2 Å². The molecule has 2 aromatic rings. The van der Waals surface area contributed by atoms with Gasteiger partial charge in [0.15, 0.2) is 11.5 Å². The highest BCUT2D eigenvalue weighted by Gasteiger charge is 2.15. The molecule has 106 valence electrons. The first-order valence-corrected chi connectivity index (χ1v) is 6.37. The minimum absolute atomic E-state index is 0.222. The molecule has 0 saturated carbocycles. The summed E-state index contributed by atoms with van der Waals surface area (Å²) in [6, 6.07) is 4.38. The van der Waals surface area contributed by atoms with Gasteiger partial charge < -0.3 is 20.9 Å². The van der Waals surface area contributed by atoms with Gasteiger partial charge in [0.25, 0.3) is 0 Å². The number of H-pyrrole nitrogens is 1. The topological polar surface area (TPSA) is 94.6 Å². The number of terminal acetylenes is 1. The van der Waals surface area contributed by atoms with Gasteiger partial charge in [-0.05, 0) is 17.7 Å². The predicted molar refractivity (Wildman–Crippen MR) is 86.3 cm³/mol. The van der Waals surface area contributed by atoms with Crippen molar-refractivity contribution in [1.82, 2.24) is 4.98 Å². The maximum Gasteiger partial charge on any atom is 0.158 e. The number of hydrogen-bond acceptors (Lipinski definition) is 5. The highest BCUT2D eigenvalue weighted by Crippen LogP contribution is 2.35. The molecule has 0 saturated heterocycles. The average molecular weight is 299 g/mol. The first-order valence-electron chi connectivity index (χ1n) is 5.96. The van der Waals surface area contributed by atoms with E-state index in [-0.39, 0.29) is 11.5 Å². The summed E-state index contributed by atoms with van der Waals surface area (Å²) in [5.41, 5.74) is 8.13. The fraction of sp³-hybridized carbons (Fsp3) is 0.0667. The van der Waals surface area contributed by atoms with Crippen LogP contribution in [0.15, 0.2) is 23.2 Å². The number of nitrogens with two attached hydrogens (primary N) is 1. The van der Waals surface area contributed by atoms with Crippen LogP contribution in [-0.4, -0.2) is 28.5 Å². The molecule has 0 amide bonds. The molecule has 6 heteroatoms. The number of aromatic hydroxyl groups is 2. The van der Waals surface area contributed by atoms with Crippen LogP contribution in [0.3, 0.4) is 0 Å². The molecular weight excluding hydrogens is 286 g/mol. The molecular formula is C15H13N3O2S. The fourth-order valence-corrected chi connectivity index (χ4v) is 2.29. The minimum atomic E-state index is -0.257. The Bertz CT molecular complexity index is 832. The van der Waals surface area contributed by atoms with Gasteiger partial charge in [-0.3, -0.25) is 4.99 Å². The Labute approximate surface area is 126 Å². The van der Waals surface area contributed by atoms with E-state index in [1.165, 1.54) is 12.1 Å². The number of nitrogens with one attached hydrogen (secondary N) is 1. The van der Waals surface area contributed by atoms with Crippen molar-refractivity contribution in [2.75, 3.05) is 12.8 Å². The number of pyridine rings is 1. The number of benzene rings is 1. The molecule has 0 aliphatic carbocycles. The summed E-state index contributed by atoms with van der Waals surface area (Å²) < 4.78 is 0.325. The van der Waals surface area contributed by atoms with Gasteiger partial charge in [-0.2, -0.15) is 0 Å². The second-order valence-corrected chi connectivity index (χ2v) is 4.67. The Kier molecular flexibility index (Phi) is 3.96. The van der Waals surface area contributed by atoms with Gasteiger partial charge in [-0.15, -0.1) is 6.42 Å². The van der Waals surface area contributed by atoms with E-state index in [1.54, 1.807) is 19.3 Å². The third-order valence-electron chi connectivity index (χ3n) is 2.95. The number of phenolic OH excluding ortho intramolecular Hbond substituents is 2. The SMILES string of the molecule is C#Cc1c(-c2ccc(O)c(O)c2)c(C=NC)c(N)[nH]c1=S. The van der Waals surface area contributed by atoms with E-state index < -0.39 is 0 Å². The van der Waals surface area contributed by atoms with E-state index in [9.17, 15) is 10.2 Å². The average Bonchev–Trinajstić information content (AvgIpc) is 2.44. The van der Waals surface area contributed by atoms with Crippen LogP contribution in [-0.2, 0) is 0 Å². The van der Waals surface area contributed by atoms with Crippen LogP contribution in [0.2, 0.25) is 0 Å². The monoisotopic (exact) mass is 299 g/mol. The molecule has 0 atom stereocenters. The first kappa shape index (κ1) is 14.6. The van der Waals surface area contributed by atoms with E-state index in [2.05, 4.69) is 15.9 Å². The first-order chi connectivity index (χ1) is 9.99. The third kappa shape index (κ3) is 2.59. The number of hydrogen-bond donors (Lipinski definition) is 4. The molecule has 0 spiro atoms. The normalized spacial score (nSPS) is 10.7. The van der Waals surface area contributed by atoms with Crippen molar-refractivity contribution < 1.29 is 10.2 Å². The lowest BCUT2D eigenvalue weighted by atomic mass is 9.96. The standard InChI is InChI=1S/C15H13N3O2S/c1-3-9-13(8-4-5-11(19)12(20)6-8)10(7-17-2)14(16)18-15(9)21/h1,4-7,19-20H,2H3,(H3,16,18,21). The second kappa shape index (κ2) is 5.69. The molecule has 0 aliphatic rings. The van der Waals surface area contributed by atoms with Crippen LogP contribution < -0.4 is 5.73 Å². The zero-order valence-corrected chi connectivity index (χ0v) is 12.0. The Morgan fingerprint density at radius 3 is 2.67 bits per heavy atom. The Morgan fingerprint density at radius 1 is 1.38 bits per heavy atom. The zero-order chi connectivity index (χ0) is 15.6. The summed E-state index contributed by atoms with van der Waals surface area (Å²) in [6.45, 7) is 0. The molecule has 0 fully saturated rings. The Morgan fingerprint density at radius 2 is 2.10 bits per heavy atom. The number of anilines is 1. The summed E-state index contributed by atoms with van der Waals surface area (Å²) in [4.78, 5) is 6.78. The van der Waals surface area contributed by atoms with Crippen molar-refractivity contribution in [3.05, 3.63) is 34.0 Å². The van der Waals surface area contributed by atoms with Gasteiger partial charge in [0.1, 0.15) is 10.5 Å². The third-order valence-corrected chi connectivity index (χ3v) is 3.26. The van der Waals surface area contributed by atoms with Crippen molar-refractivity contribution in [2.45, 2.75) is 0 Å². The number of aliphatic imine (C=N–C) groups is 1. The second-order valence-electron chi connectivity index (χ2n) is 4.27. The molecule has 21 heavy (non-hydrogen) atoms. The Balaban J connectivity index is 2.91. The maximum atomic E-state index is 9.68. The van der Waals surface area contributed by atoms with Gasteiger partial charge in [-0.25, -0.2) is 0 Å². The molecule has 5 N–H and O–H groups in total. The molecule has 1 aromatic heterocycles. The summed E-state index contributed by atoms with van der Waals surface area (Å²) in [7, 11) is 1.61. The molecule has 1 heterocycles. The highest BCUT2D eigenvalue weighted by atomic mass is 32.1. The molecule has 0 radical (unpaired) electrons. The van der Waals surface area contributed by atoms with E-state index in [1.807, 2.05) is 0 Å². The summed E-state index contributed by atoms with van der Waals surface area (Å²) in [5.74, 6) is 2.37. The van der Waals surface area contributed by atoms with Crippen molar-refractivity contribution in [2.24, 2.45) is 4.99 Å². The van der Waals surface area contributed by atoms with E-state index in [4.69, 9.17) is 24.4 Å². The van der Waals surface area contributed by atoms with Crippen molar-refractivity contribution in [1.29, 1.82) is 0 Å². The predicted octanol–water partition coefficient (Wildman–Crippen LogP) is 2.43. The van der Waals surface area contributed by atoms with Crippen molar-refractivity contribution in [3.8, 4) is 35.0 Å². The number of nitrogen functional groups attached to an aromatic ring is 1. The minimum Gasteiger partial charge on any atom is -0.504 e. The van der Waals surface area contributed by atoms with Crippen LogP contribution in [0, 0.1) is 17.0 Å². The molecule has 1 aromatic carbocycles. The zero-order valence-electron chi connectivity index (χ0n) is 11.2. The lowest BCUT2D eigenvalue weighted by Gasteiger charge is -2.13. The maximum absolute atomic E-state index is 9.68. The largest absolute Gasteiger partial charge is 0.504 e. The molecule has 0 bridgehead atoms. The van der Waals surface area contributed by atoms with Crippen molar-refractivity contribution in [3.63, 3.8) is 0 Å². The van der Waals surface area contributed by atoms with Crippen LogP contribution in [0.1, 0.15) is 11.1 Å². The van der Waals surface area contributed by atoms with Crippen molar-refractivity contribution >= 4 is 24.3 Å². The van der Waals surface area contributed by atoms with Gasteiger partial charge in [0, 0.05) is 24.4 Å². The van der Waals surface area contributed by atoms with Crippen LogP contribution in [0.5, 0.6) is 11.5 Å². The van der Waals surface area contributed by atoms with Crippen LogP contribution in [0.25, 0.3) is 11.1 Å². The lowest BCUT2D eigenvalue weighted by molar-refractivity contribution is 0.404. The van der Waals surface area contributed by atoms with Gasteiger partial charge in [0.2, 0.25) is 0 Å². The van der Waals surface area contributed by atoms with Gasteiger partial charge in [0.05, 0.1) is 5.56 Å². The van der Waals surface area contributed by atoms with Gasteiger partial charge in [-0.1, -0.05) is 24.2 Å². The summed E-state index contributed by atoms with van der Waals surface area (Å²) >= 11 is 5.19. The molecule has 0 unspecified atom stereocenters. The number of rotatable bonds is 2. The highest BCUT2D eigenvalue weighted by molar-refractivity contribution is 7.71.